The zero-order valence-corrected chi connectivity index (χ0v) is 11.5. The van der Waals surface area contributed by atoms with Crippen molar-refractivity contribution in [2.75, 3.05) is 13.2 Å². The van der Waals surface area contributed by atoms with E-state index in [0.29, 0.717) is 18.8 Å². The predicted octanol–water partition coefficient (Wildman–Crippen LogP) is 2.15. The van der Waals surface area contributed by atoms with Crippen LogP contribution in [0, 0.1) is 0 Å². The zero-order chi connectivity index (χ0) is 13.7. The third-order valence-electron chi connectivity index (χ3n) is 2.67. The topological polar surface area (TPSA) is 82.7 Å². The predicted molar refractivity (Wildman–Crippen MR) is 77.1 cm³/mol. The van der Waals surface area contributed by atoms with E-state index in [9.17, 15) is 4.79 Å². The Morgan fingerprint density at radius 3 is 2.45 bits per heavy atom. The first kappa shape index (κ1) is 16.2. The molecule has 0 aliphatic heterocycles. The van der Waals surface area contributed by atoms with E-state index in [0.717, 1.165) is 11.3 Å². The lowest BCUT2D eigenvalue weighted by molar-refractivity contribution is 0.0697. The van der Waals surface area contributed by atoms with Gasteiger partial charge in [0.1, 0.15) is 11.5 Å². The van der Waals surface area contributed by atoms with Crippen LogP contribution in [0.1, 0.15) is 16.1 Å². The van der Waals surface area contributed by atoms with Crippen molar-refractivity contribution in [2.24, 2.45) is 0 Å². The molecule has 3 N–H and O–H groups in total. The molecule has 1 heterocycles. The van der Waals surface area contributed by atoms with E-state index in [-0.39, 0.29) is 24.6 Å². The highest BCUT2D eigenvalue weighted by molar-refractivity contribution is 5.88. The Balaban J connectivity index is 0.00000200. The minimum absolute atomic E-state index is 0. The number of aliphatic hydroxyl groups is 1. The fourth-order valence-electron chi connectivity index (χ4n) is 1.70. The molecule has 6 heteroatoms. The van der Waals surface area contributed by atoms with Crippen LogP contribution in [0.2, 0.25) is 0 Å². The second kappa shape index (κ2) is 7.69. The molecular weight excluding hydrogens is 282 g/mol. The van der Waals surface area contributed by atoms with E-state index in [1.165, 1.54) is 0 Å². The average molecular weight is 298 g/mol. The fraction of sp³-hybridized carbons (Fsp3) is 0.214. The molecule has 5 nitrogen and oxygen atoms in total. The maximum absolute atomic E-state index is 10.7. The van der Waals surface area contributed by atoms with Gasteiger partial charge in [-0.1, -0.05) is 12.1 Å². The number of rotatable bonds is 6. The van der Waals surface area contributed by atoms with Gasteiger partial charge in [0.2, 0.25) is 0 Å². The number of hydrogen-bond donors (Lipinski definition) is 3. The minimum Gasteiger partial charge on any atom is -0.478 e. The van der Waals surface area contributed by atoms with Crippen LogP contribution in [0.3, 0.4) is 0 Å². The summed E-state index contributed by atoms with van der Waals surface area (Å²) in [6, 6.07) is 10.2. The Hall–Kier alpha value is -1.82. The van der Waals surface area contributed by atoms with Crippen molar-refractivity contribution in [3.05, 3.63) is 47.7 Å². The van der Waals surface area contributed by atoms with E-state index in [1.54, 1.807) is 24.3 Å². The summed E-state index contributed by atoms with van der Waals surface area (Å²) in [5, 5.41) is 20.5. The van der Waals surface area contributed by atoms with Crippen molar-refractivity contribution >= 4 is 18.4 Å². The number of halogens is 1. The van der Waals surface area contributed by atoms with Crippen LogP contribution in [-0.4, -0.2) is 29.3 Å². The van der Waals surface area contributed by atoms with Crippen LogP contribution in [0.5, 0.6) is 0 Å². The Morgan fingerprint density at radius 1 is 1.15 bits per heavy atom. The molecule has 108 valence electrons. The van der Waals surface area contributed by atoms with Crippen molar-refractivity contribution in [3.8, 4) is 11.3 Å². The molecule has 0 spiro atoms. The van der Waals surface area contributed by atoms with Crippen molar-refractivity contribution in [1.82, 2.24) is 5.32 Å². The number of carboxylic acids is 1. The molecule has 0 amide bonds. The number of aromatic carboxylic acids is 1. The number of nitrogens with one attached hydrogen (secondary N) is 1. The normalized spacial score (nSPS) is 10.1. The molecule has 0 atom stereocenters. The maximum atomic E-state index is 10.7. The van der Waals surface area contributed by atoms with Crippen molar-refractivity contribution in [2.45, 2.75) is 6.54 Å². The van der Waals surface area contributed by atoms with Gasteiger partial charge in [-0.2, -0.15) is 0 Å². The highest BCUT2D eigenvalue weighted by Crippen LogP contribution is 2.22. The number of hydrogen-bond acceptors (Lipinski definition) is 4. The van der Waals surface area contributed by atoms with Crippen LogP contribution in [0.15, 0.2) is 40.8 Å². The van der Waals surface area contributed by atoms with Gasteiger partial charge in [-0.05, 0) is 24.3 Å². The molecule has 0 fully saturated rings. The van der Waals surface area contributed by atoms with Gasteiger partial charge in [-0.3, -0.25) is 0 Å². The maximum Gasteiger partial charge on any atom is 0.335 e. The van der Waals surface area contributed by atoms with Crippen LogP contribution >= 0.6 is 12.4 Å². The lowest BCUT2D eigenvalue weighted by atomic mass is 10.1. The highest BCUT2D eigenvalue weighted by Gasteiger charge is 2.06. The van der Waals surface area contributed by atoms with Gasteiger partial charge < -0.3 is 19.9 Å². The van der Waals surface area contributed by atoms with E-state index < -0.39 is 5.97 Å². The lowest BCUT2D eigenvalue weighted by Gasteiger charge is -2.00. The van der Waals surface area contributed by atoms with Crippen LogP contribution in [-0.2, 0) is 6.54 Å². The molecule has 2 aromatic rings. The molecule has 20 heavy (non-hydrogen) atoms. The van der Waals surface area contributed by atoms with Gasteiger partial charge in [0.15, 0.2) is 0 Å². The first-order valence-corrected chi connectivity index (χ1v) is 5.94. The monoisotopic (exact) mass is 297 g/mol. The van der Waals surface area contributed by atoms with E-state index >= 15 is 0 Å². The summed E-state index contributed by atoms with van der Waals surface area (Å²) in [6.07, 6.45) is 0. The smallest absolute Gasteiger partial charge is 0.335 e. The molecule has 0 saturated heterocycles. The molecule has 0 bridgehead atoms. The summed E-state index contributed by atoms with van der Waals surface area (Å²) in [5.41, 5.74) is 1.08. The number of furan rings is 1. The Labute approximate surface area is 122 Å². The largest absolute Gasteiger partial charge is 0.478 e. The SMILES string of the molecule is Cl.O=C(O)c1ccc(-c2ccc(CNCCO)o2)cc1. The zero-order valence-electron chi connectivity index (χ0n) is 10.7. The van der Waals surface area contributed by atoms with E-state index in [2.05, 4.69) is 5.32 Å². The fourth-order valence-corrected chi connectivity index (χ4v) is 1.70. The van der Waals surface area contributed by atoms with Gasteiger partial charge in [-0.15, -0.1) is 12.4 Å². The molecule has 2 rings (SSSR count). The summed E-state index contributed by atoms with van der Waals surface area (Å²) in [7, 11) is 0. The second-order valence-corrected chi connectivity index (χ2v) is 4.05. The first-order chi connectivity index (χ1) is 9.20. The van der Waals surface area contributed by atoms with Crippen LogP contribution < -0.4 is 5.32 Å². The van der Waals surface area contributed by atoms with Crippen LogP contribution in [0.25, 0.3) is 11.3 Å². The molecule has 0 aliphatic carbocycles. The number of carbonyl (C=O) groups is 1. The summed E-state index contributed by atoms with van der Waals surface area (Å²) in [4.78, 5) is 10.7. The third-order valence-corrected chi connectivity index (χ3v) is 2.67. The second-order valence-electron chi connectivity index (χ2n) is 4.05. The molecular formula is C14H16ClNO4. The summed E-state index contributed by atoms with van der Waals surface area (Å²) in [5.74, 6) is 0.517. The van der Waals surface area contributed by atoms with E-state index in [4.69, 9.17) is 14.6 Å². The Bertz CT molecular complexity index is 551. The molecule has 1 aromatic heterocycles. The Kier molecular flexibility index (Phi) is 6.24. The number of aliphatic hydroxyl groups excluding tert-OH is 1. The third kappa shape index (κ3) is 4.09. The molecule has 0 saturated carbocycles. The van der Waals surface area contributed by atoms with Gasteiger partial charge in [-0.25, -0.2) is 4.79 Å². The van der Waals surface area contributed by atoms with Crippen molar-refractivity contribution in [1.29, 1.82) is 0 Å². The van der Waals surface area contributed by atoms with Gasteiger partial charge >= 0.3 is 5.97 Å². The van der Waals surface area contributed by atoms with E-state index in [1.807, 2.05) is 12.1 Å². The van der Waals surface area contributed by atoms with Crippen LogP contribution in [0.4, 0.5) is 0 Å². The molecule has 0 radical (unpaired) electrons. The average Bonchev–Trinajstić information content (AvgIpc) is 2.88. The van der Waals surface area contributed by atoms with Crippen molar-refractivity contribution < 1.29 is 19.4 Å². The molecule has 0 unspecified atom stereocenters. The first-order valence-electron chi connectivity index (χ1n) is 5.94. The van der Waals surface area contributed by atoms with Gasteiger partial charge in [0.25, 0.3) is 0 Å². The minimum atomic E-state index is -0.945. The molecule has 1 aromatic carbocycles. The van der Waals surface area contributed by atoms with Gasteiger partial charge in [0, 0.05) is 12.1 Å². The quantitative estimate of drug-likeness (QED) is 0.712. The van der Waals surface area contributed by atoms with Crippen molar-refractivity contribution in [3.63, 3.8) is 0 Å². The number of benzene rings is 1. The lowest BCUT2D eigenvalue weighted by Crippen LogP contribution is -2.16. The highest BCUT2D eigenvalue weighted by atomic mass is 35.5. The Morgan fingerprint density at radius 2 is 1.85 bits per heavy atom. The summed E-state index contributed by atoms with van der Waals surface area (Å²) < 4.78 is 5.63. The summed E-state index contributed by atoms with van der Waals surface area (Å²) >= 11 is 0. The molecule has 0 aliphatic rings. The number of carboxylic acid groups (broad SMARTS) is 1. The standard InChI is InChI=1S/C14H15NO4.ClH/c16-8-7-15-9-12-5-6-13(19-12)10-1-3-11(4-2-10)14(17)18;/h1-6,15-16H,7-9H2,(H,17,18);1H. The summed E-state index contributed by atoms with van der Waals surface area (Å²) in [6.45, 7) is 1.15. The van der Waals surface area contributed by atoms with Gasteiger partial charge in [0.05, 0.1) is 18.7 Å².